The number of hydrogen-bond donors (Lipinski definition) is 1. The third-order valence-corrected chi connectivity index (χ3v) is 7.73. The van der Waals surface area contributed by atoms with Crippen molar-refractivity contribution in [3.8, 4) is 5.75 Å². The molecule has 1 heterocycles. The van der Waals surface area contributed by atoms with Gasteiger partial charge in [0.2, 0.25) is 15.9 Å². The van der Waals surface area contributed by atoms with Crippen LogP contribution in [0.25, 0.3) is 10.2 Å². The highest BCUT2D eigenvalue weighted by atomic mass is 32.2. The average Bonchev–Trinajstić information content (AvgIpc) is 3.19. The summed E-state index contributed by atoms with van der Waals surface area (Å²) in [6, 6.07) is 21.0. The average molecular weight is 482 g/mol. The lowest BCUT2D eigenvalue weighted by molar-refractivity contribution is -0.116. The number of thiazole rings is 1. The molecule has 0 fully saturated rings. The Morgan fingerprint density at radius 3 is 2.55 bits per heavy atom. The van der Waals surface area contributed by atoms with Crippen LogP contribution in [0.1, 0.15) is 10.6 Å². The molecule has 9 heteroatoms. The van der Waals surface area contributed by atoms with Gasteiger partial charge in [-0.1, -0.05) is 42.5 Å². The predicted molar refractivity (Wildman–Crippen MR) is 130 cm³/mol. The molecule has 0 atom stereocenters. The molecule has 1 aromatic heterocycles. The summed E-state index contributed by atoms with van der Waals surface area (Å²) in [5, 5.41) is 3.61. The molecular weight excluding hydrogens is 458 g/mol. The van der Waals surface area contributed by atoms with Gasteiger partial charge in [0.05, 0.1) is 39.5 Å². The number of rotatable bonds is 8. The van der Waals surface area contributed by atoms with Crippen molar-refractivity contribution in [3.05, 3.63) is 83.4 Å². The molecule has 170 valence electrons. The Balaban J connectivity index is 1.65. The summed E-state index contributed by atoms with van der Waals surface area (Å²) < 4.78 is 34.4. The number of nitrogens with zero attached hydrogens (tertiary/aromatic N) is 2. The first-order valence-corrected chi connectivity index (χ1v) is 12.5. The molecule has 0 spiro atoms. The number of aryl methyl sites for hydroxylation is 1. The maximum atomic E-state index is 13.6. The number of fused-ring (bicyclic) bond motifs is 1. The van der Waals surface area contributed by atoms with E-state index in [0.717, 1.165) is 20.8 Å². The first kappa shape index (κ1) is 22.9. The van der Waals surface area contributed by atoms with E-state index in [9.17, 15) is 13.2 Å². The van der Waals surface area contributed by atoms with Crippen molar-refractivity contribution in [2.24, 2.45) is 0 Å². The Labute approximate surface area is 196 Å². The molecule has 0 bridgehead atoms. The SMILES string of the molecule is COc1ccccc1NC(=O)CN(Cc1ccccc1)S(=O)(=O)c1ccc2nc(C)sc2c1. The molecule has 0 aliphatic rings. The Hall–Kier alpha value is -3.27. The number of benzene rings is 3. The smallest absolute Gasteiger partial charge is 0.243 e. The number of anilines is 1. The van der Waals surface area contributed by atoms with Crippen LogP contribution in [-0.2, 0) is 21.4 Å². The monoisotopic (exact) mass is 481 g/mol. The van der Waals surface area contributed by atoms with Crippen LogP contribution < -0.4 is 10.1 Å². The van der Waals surface area contributed by atoms with E-state index in [4.69, 9.17) is 4.74 Å². The van der Waals surface area contributed by atoms with E-state index >= 15 is 0 Å². The Kier molecular flexibility index (Phi) is 6.73. The largest absolute Gasteiger partial charge is 0.495 e. The Morgan fingerprint density at radius 2 is 1.79 bits per heavy atom. The van der Waals surface area contributed by atoms with Crippen LogP contribution in [0, 0.1) is 6.92 Å². The van der Waals surface area contributed by atoms with Gasteiger partial charge in [-0.05, 0) is 42.8 Å². The molecule has 1 amide bonds. The van der Waals surface area contributed by atoms with E-state index < -0.39 is 15.9 Å². The van der Waals surface area contributed by atoms with Gasteiger partial charge >= 0.3 is 0 Å². The molecule has 3 aromatic carbocycles. The van der Waals surface area contributed by atoms with Gasteiger partial charge in [-0.25, -0.2) is 13.4 Å². The third-order valence-electron chi connectivity index (χ3n) is 5.01. The van der Waals surface area contributed by atoms with Gasteiger partial charge in [0, 0.05) is 6.54 Å². The van der Waals surface area contributed by atoms with Crippen LogP contribution in [0.3, 0.4) is 0 Å². The summed E-state index contributed by atoms with van der Waals surface area (Å²) in [7, 11) is -2.46. The number of amides is 1. The number of nitrogens with one attached hydrogen (secondary N) is 1. The van der Waals surface area contributed by atoms with Crippen molar-refractivity contribution >= 4 is 43.2 Å². The van der Waals surface area contributed by atoms with E-state index in [1.54, 1.807) is 36.4 Å². The van der Waals surface area contributed by atoms with Crippen molar-refractivity contribution in [1.82, 2.24) is 9.29 Å². The lowest BCUT2D eigenvalue weighted by Gasteiger charge is -2.22. The summed E-state index contributed by atoms with van der Waals surface area (Å²) in [4.78, 5) is 17.4. The van der Waals surface area contributed by atoms with E-state index in [1.165, 1.54) is 28.8 Å². The number of hydrogen-bond acceptors (Lipinski definition) is 6. The molecule has 7 nitrogen and oxygen atoms in total. The molecule has 0 saturated carbocycles. The lowest BCUT2D eigenvalue weighted by atomic mass is 10.2. The van der Waals surface area contributed by atoms with Gasteiger partial charge in [-0.15, -0.1) is 11.3 Å². The number of methoxy groups -OCH3 is 1. The lowest BCUT2D eigenvalue weighted by Crippen LogP contribution is -2.37. The Morgan fingerprint density at radius 1 is 1.06 bits per heavy atom. The molecule has 0 radical (unpaired) electrons. The quantitative estimate of drug-likeness (QED) is 0.402. The van der Waals surface area contributed by atoms with Gasteiger partial charge in [0.1, 0.15) is 5.75 Å². The number of para-hydroxylation sites is 2. The second-order valence-corrected chi connectivity index (χ2v) is 10.5. The minimum absolute atomic E-state index is 0.0578. The zero-order valence-corrected chi connectivity index (χ0v) is 19.8. The zero-order chi connectivity index (χ0) is 23.4. The molecule has 1 N–H and O–H groups in total. The van der Waals surface area contributed by atoms with Crippen LogP contribution in [-0.4, -0.2) is 37.3 Å². The van der Waals surface area contributed by atoms with Crippen LogP contribution in [0.4, 0.5) is 5.69 Å². The van der Waals surface area contributed by atoms with Gasteiger partial charge < -0.3 is 10.1 Å². The van der Waals surface area contributed by atoms with Crippen molar-refractivity contribution in [1.29, 1.82) is 0 Å². The number of ether oxygens (including phenoxy) is 1. The van der Waals surface area contributed by atoms with Crippen molar-refractivity contribution in [3.63, 3.8) is 0 Å². The van der Waals surface area contributed by atoms with Gasteiger partial charge in [0.15, 0.2) is 0 Å². The van der Waals surface area contributed by atoms with Gasteiger partial charge in [-0.3, -0.25) is 4.79 Å². The third kappa shape index (κ3) is 5.22. The van der Waals surface area contributed by atoms with Crippen LogP contribution in [0.5, 0.6) is 5.75 Å². The van der Waals surface area contributed by atoms with E-state index in [2.05, 4.69) is 10.3 Å². The second kappa shape index (κ2) is 9.70. The van der Waals surface area contributed by atoms with Crippen molar-refractivity contribution < 1.29 is 17.9 Å². The molecule has 4 rings (SSSR count). The zero-order valence-electron chi connectivity index (χ0n) is 18.2. The maximum Gasteiger partial charge on any atom is 0.243 e. The fourth-order valence-corrected chi connectivity index (χ4v) is 5.79. The van der Waals surface area contributed by atoms with Crippen molar-refractivity contribution in [2.75, 3.05) is 19.0 Å². The molecular formula is C24H23N3O4S2. The highest BCUT2D eigenvalue weighted by Gasteiger charge is 2.28. The fourth-order valence-electron chi connectivity index (χ4n) is 3.44. The molecule has 0 saturated heterocycles. The normalized spacial score (nSPS) is 11.6. The summed E-state index contributed by atoms with van der Waals surface area (Å²) in [6.45, 7) is 1.58. The van der Waals surface area contributed by atoms with E-state index in [-0.39, 0.29) is 18.0 Å². The first-order chi connectivity index (χ1) is 15.9. The van der Waals surface area contributed by atoms with Crippen LogP contribution in [0.2, 0.25) is 0 Å². The summed E-state index contributed by atoms with van der Waals surface area (Å²) in [5.41, 5.74) is 2.00. The summed E-state index contributed by atoms with van der Waals surface area (Å²) >= 11 is 1.43. The highest BCUT2D eigenvalue weighted by Crippen LogP contribution is 2.27. The molecule has 33 heavy (non-hydrogen) atoms. The van der Waals surface area contributed by atoms with Crippen molar-refractivity contribution in [2.45, 2.75) is 18.4 Å². The molecule has 0 unspecified atom stereocenters. The number of sulfonamides is 1. The van der Waals surface area contributed by atoms with Gasteiger partial charge in [0.25, 0.3) is 0 Å². The minimum Gasteiger partial charge on any atom is -0.495 e. The van der Waals surface area contributed by atoms with Gasteiger partial charge in [-0.2, -0.15) is 4.31 Å². The van der Waals surface area contributed by atoms with E-state index in [0.29, 0.717) is 11.4 Å². The number of carbonyl (C=O) groups is 1. The van der Waals surface area contributed by atoms with Crippen LogP contribution >= 0.6 is 11.3 Å². The standard InChI is InChI=1S/C24H23N3O4S2/c1-17-25-21-13-12-19(14-23(21)32-17)33(29,30)27(15-18-8-4-3-5-9-18)16-24(28)26-20-10-6-7-11-22(20)31-2/h3-14H,15-16H2,1-2H3,(H,26,28). The fraction of sp³-hybridized carbons (Fsp3) is 0.167. The second-order valence-electron chi connectivity index (χ2n) is 7.37. The molecule has 0 aliphatic heterocycles. The summed E-state index contributed by atoms with van der Waals surface area (Å²) in [5.74, 6) is 0.0306. The Bertz CT molecular complexity index is 1390. The van der Waals surface area contributed by atoms with Crippen LogP contribution in [0.15, 0.2) is 77.7 Å². The predicted octanol–water partition coefficient (Wildman–Crippen LogP) is 4.44. The molecule has 0 aliphatic carbocycles. The number of carbonyl (C=O) groups excluding carboxylic acids is 1. The first-order valence-electron chi connectivity index (χ1n) is 10.2. The molecule has 4 aromatic rings. The minimum atomic E-state index is -3.96. The topological polar surface area (TPSA) is 88.6 Å². The van der Waals surface area contributed by atoms with E-state index in [1.807, 2.05) is 37.3 Å². The summed E-state index contributed by atoms with van der Waals surface area (Å²) in [6.07, 6.45) is 0. The maximum absolute atomic E-state index is 13.6. The number of aromatic nitrogens is 1. The highest BCUT2D eigenvalue weighted by molar-refractivity contribution is 7.89.